The highest BCUT2D eigenvalue weighted by Crippen LogP contribution is 2.31. The average Bonchev–Trinajstić information content (AvgIpc) is 2.30. The fraction of sp³-hybridized carbons (Fsp3) is 0.417. The van der Waals surface area contributed by atoms with Gasteiger partial charge in [0.25, 0.3) is 0 Å². The molecule has 1 N–H and O–H groups in total. The smallest absolute Gasteiger partial charge is 0.339 e. The van der Waals surface area contributed by atoms with E-state index in [1.807, 2.05) is 0 Å². The van der Waals surface area contributed by atoms with Crippen LogP contribution in [-0.4, -0.2) is 24.8 Å². The Balaban J connectivity index is 3.04. The molecule has 4 nitrogen and oxygen atoms in total. The van der Waals surface area contributed by atoms with Gasteiger partial charge >= 0.3 is 5.97 Å². The first-order valence-electron chi connectivity index (χ1n) is 5.33. The molecule has 0 amide bonds. The summed E-state index contributed by atoms with van der Waals surface area (Å²) >= 11 is 2.05. The minimum absolute atomic E-state index is 0.143. The minimum Gasteiger partial charge on any atom is -0.497 e. The lowest BCUT2D eigenvalue weighted by atomic mass is 10.2. The van der Waals surface area contributed by atoms with E-state index in [1.165, 1.54) is 13.2 Å². The number of rotatable bonds is 6. The highest BCUT2D eigenvalue weighted by atomic mass is 127. The van der Waals surface area contributed by atoms with Crippen molar-refractivity contribution >= 4 is 28.6 Å². The zero-order valence-corrected chi connectivity index (χ0v) is 12.0. The van der Waals surface area contributed by atoms with Gasteiger partial charge in [-0.1, -0.05) is 13.3 Å². The summed E-state index contributed by atoms with van der Waals surface area (Å²) in [5.74, 6) is -0.0599. The van der Waals surface area contributed by atoms with Crippen LogP contribution in [0.2, 0.25) is 0 Å². The highest BCUT2D eigenvalue weighted by Gasteiger charge is 2.16. The first-order valence-corrected chi connectivity index (χ1v) is 6.41. The lowest BCUT2D eigenvalue weighted by Gasteiger charge is -2.12. The van der Waals surface area contributed by atoms with E-state index in [9.17, 15) is 4.79 Å². The van der Waals surface area contributed by atoms with E-state index < -0.39 is 5.97 Å². The topological polar surface area (TPSA) is 55.8 Å². The molecule has 0 aromatic heterocycles. The van der Waals surface area contributed by atoms with Crippen LogP contribution in [-0.2, 0) is 0 Å². The van der Waals surface area contributed by atoms with Crippen molar-refractivity contribution in [2.24, 2.45) is 0 Å². The average molecular weight is 350 g/mol. The zero-order chi connectivity index (χ0) is 12.8. The number of hydrogen-bond acceptors (Lipinski definition) is 3. The number of carboxylic acid groups (broad SMARTS) is 1. The number of ether oxygens (including phenoxy) is 2. The van der Waals surface area contributed by atoms with E-state index in [2.05, 4.69) is 29.5 Å². The highest BCUT2D eigenvalue weighted by molar-refractivity contribution is 14.1. The number of hydrogen-bond donors (Lipinski definition) is 1. The maximum atomic E-state index is 11.1. The second kappa shape index (κ2) is 6.68. The Morgan fingerprint density at radius 1 is 1.47 bits per heavy atom. The summed E-state index contributed by atoms with van der Waals surface area (Å²) < 4.78 is 11.3. The van der Waals surface area contributed by atoms with Gasteiger partial charge in [-0.05, 0) is 41.1 Å². The Morgan fingerprint density at radius 2 is 2.18 bits per heavy atom. The van der Waals surface area contributed by atoms with Crippen molar-refractivity contribution < 1.29 is 19.4 Å². The van der Waals surface area contributed by atoms with Crippen LogP contribution < -0.4 is 9.47 Å². The minimum atomic E-state index is -1.01. The van der Waals surface area contributed by atoms with Crippen LogP contribution in [0, 0.1) is 3.57 Å². The van der Waals surface area contributed by atoms with Crippen LogP contribution in [0.4, 0.5) is 0 Å². The van der Waals surface area contributed by atoms with E-state index in [0.717, 1.165) is 16.4 Å². The number of benzene rings is 1. The number of halogens is 1. The van der Waals surface area contributed by atoms with Crippen molar-refractivity contribution in [1.82, 2.24) is 0 Å². The Bertz CT molecular complexity index is 404. The Kier molecular flexibility index (Phi) is 5.54. The van der Waals surface area contributed by atoms with Gasteiger partial charge in [0.15, 0.2) is 0 Å². The largest absolute Gasteiger partial charge is 0.497 e. The SMILES string of the molecule is CCCCOc1c(I)cc(OC)cc1C(=O)O. The quantitative estimate of drug-likeness (QED) is 0.633. The maximum Gasteiger partial charge on any atom is 0.339 e. The molecule has 0 heterocycles. The molecule has 1 aromatic rings. The molecule has 0 aliphatic heterocycles. The summed E-state index contributed by atoms with van der Waals surface area (Å²) in [6, 6.07) is 3.24. The Morgan fingerprint density at radius 3 is 2.71 bits per heavy atom. The van der Waals surface area contributed by atoms with Gasteiger partial charge in [0.1, 0.15) is 17.1 Å². The van der Waals surface area contributed by atoms with Crippen molar-refractivity contribution in [3.05, 3.63) is 21.3 Å². The third-order valence-electron chi connectivity index (χ3n) is 2.23. The molecule has 94 valence electrons. The third-order valence-corrected chi connectivity index (χ3v) is 3.03. The van der Waals surface area contributed by atoms with Gasteiger partial charge < -0.3 is 14.6 Å². The molecule has 0 unspecified atom stereocenters. The molecule has 0 aliphatic carbocycles. The molecule has 0 spiro atoms. The van der Waals surface area contributed by atoms with Gasteiger partial charge in [0.05, 0.1) is 17.3 Å². The summed E-state index contributed by atoms with van der Waals surface area (Å²) in [6.45, 7) is 2.58. The summed E-state index contributed by atoms with van der Waals surface area (Å²) in [4.78, 5) is 11.1. The lowest BCUT2D eigenvalue weighted by Crippen LogP contribution is -2.06. The first kappa shape index (κ1) is 14.1. The van der Waals surface area contributed by atoms with Gasteiger partial charge in [0.2, 0.25) is 0 Å². The van der Waals surface area contributed by atoms with Crippen LogP contribution >= 0.6 is 22.6 Å². The zero-order valence-electron chi connectivity index (χ0n) is 9.83. The van der Waals surface area contributed by atoms with Crippen LogP contribution in [0.15, 0.2) is 12.1 Å². The van der Waals surface area contributed by atoms with Gasteiger partial charge in [-0.3, -0.25) is 0 Å². The van der Waals surface area contributed by atoms with E-state index in [4.69, 9.17) is 14.6 Å². The molecule has 0 aliphatic rings. The fourth-order valence-electron chi connectivity index (χ4n) is 1.31. The molecule has 1 aromatic carbocycles. The summed E-state index contributed by atoms with van der Waals surface area (Å²) in [5, 5.41) is 9.13. The van der Waals surface area contributed by atoms with E-state index in [-0.39, 0.29) is 5.56 Å². The van der Waals surface area contributed by atoms with Crippen molar-refractivity contribution in [3.8, 4) is 11.5 Å². The predicted octanol–water partition coefficient (Wildman–Crippen LogP) is 3.18. The number of methoxy groups -OCH3 is 1. The molecule has 0 radical (unpaired) electrons. The summed E-state index contributed by atoms with van der Waals surface area (Å²) in [5.41, 5.74) is 0.143. The van der Waals surface area contributed by atoms with Crippen molar-refractivity contribution in [1.29, 1.82) is 0 Å². The molecule has 0 saturated carbocycles. The Labute approximate surface area is 114 Å². The third kappa shape index (κ3) is 3.76. The van der Waals surface area contributed by atoms with Crippen LogP contribution in [0.5, 0.6) is 11.5 Å². The molecular formula is C12H15IO4. The van der Waals surface area contributed by atoms with Crippen molar-refractivity contribution in [2.75, 3.05) is 13.7 Å². The summed E-state index contributed by atoms with van der Waals surface area (Å²) in [6.07, 6.45) is 1.91. The molecule has 0 bridgehead atoms. The number of carbonyl (C=O) groups is 1. The first-order chi connectivity index (χ1) is 8.10. The van der Waals surface area contributed by atoms with Gasteiger partial charge in [-0.25, -0.2) is 4.79 Å². The molecule has 5 heteroatoms. The second-order valence-electron chi connectivity index (χ2n) is 3.49. The van der Waals surface area contributed by atoms with Crippen LogP contribution in [0.1, 0.15) is 30.1 Å². The lowest BCUT2D eigenvalue weighted by molar-refractivity contribution is 0.0691. The Hall–Kier alpha value is -0.980. The standard InChI is InChI=1S/C12H15IO4/c1-3-4-5-17-11-9(12(14)15)6-8(16-2)7-10(11)13/h6-7H,3-5H2,1-2H3,(H,14,15). The van der Waals surface area contributed by atoms with Crippen LogP contribution in [0.3, 0.4) is 0 Å². The monoisotopic (exact) mass is 350 g/mol. The van der Waals surface area contributed by atoms with Gasteiger partial charge in [-0.15, -0.1) is 0 Å². The second-order valence-corrected chi connectivity index (χ2v) is 4.66. The number of carboxylic acids is 1. The molecule has 1 rings (SSSR count). The number of aromatic carboxylic acids is 1. The number of unbranched alkanes of at least 4 members (excludes halogenated alkanes) is 1. The van der Waals surface area contributed by atoms with Crippen LogP contribution in [0.25, 0.3) is 0 Å². The van der Waals surface area contributed by atoms with Crippen molar-refractivity contribution in [3.63, 3.8) is 0 Å². The summed E-state index contributed by atoms with van der Waals surface area (Å²) in [7, 11) is 1.51. The predicted molar refractivity (Wildman–Crippen MR) is 73.1 cm³/mol. The molecule has 0 atom stereocenters. The normalized spacial score (nSPS) is 10.1. The van der Waals surface area contributed by atoms with Crippen molar-refractivity contribution in [2.45, 2.75) is 19.8 Å². The fourth-order valence-corrected chi connectivity index (χ4v) is 2.06. The molecule has 17 heavy (non-hydrogen) atoms. The van der Waals surface area contributed by atoms with Gasteiger partial charge in [-0.2, -0.15) is 0 Å². The molecular weight excluding hydrogens is 335 g/mol. The van der Waals surface area contributed by atoms with E-state index in [0.29, 0.717) is 18.1 Å². The van der Waals surface area contributed by atoms with E-state index >= 15 is 0 Å². The molecule has 0 fully saturated rings. The van der Waals surface area contributed by atoms with Gasteiger partial charge in [0, 0.05) is 0 Å². The maximum absolute atomic E-state index is 11.1. The van der Waals surface area contributed by atoms with E-state index in [1.54, 1.807) is 6.07 Å². The molecule has 0 saturated heterocycles.